The smallest absolute Gasteiger partial charge is 0.0443 e. The lowest BCUT2D eigenvalue weighted by atomic mass is 10.0. The Labute approximate surface area is 142 Å². The molecule has 0 saturated heterocycles. The molecule has 4 rings (SSSR count). The van der Waals surface area contributed by atoms with E-state index in [9.17, 15) is 0 Å². The highest BCUT2D eigenvalue weighted by Gasteiger charge is 2.06. The first-order chi connectivity index (χ1) is 11.6. The highest BCUT2D eigenvalue weighted by Crippen LogP contribution is 2.30. The molecule has 1 nitrogen and oxygen atoms in total. The molecule has 0 atom stereocenters. The third kappa shape index (κ3) is 2.52. The SMILES string of the molecule is Cc1cc(C)c(Nc2ccc3c(ccc4ccccc43)c2)c(C)c1. The van der Waals surface area contributed by atoms with E-state index < -0.39 is 0 Å². The highest BCUT2D eigenvalue weighted by atomic mass is 14.9. The molecule has 4 aromatic carbocycles. The van der Waals surface area contributed by atoms with Crippen molar-refractivity contribution in [2.75, 3.05) is 5.32 Å². The fraction of sp³-hybridized carbons (Fsp3) is 0.130. The van der Waals surface area contributed by atoms with Crippen LogP contribution in [-0.2, 0) is 0 Å². The van der Waals surface area contributed by atoms with Crippen molar-refractivity contribution in [3.8, 4) is 0 Å². The van der Waals surface area contributed by atoms with Crippen molar-refractivity contribution in [1.29, 1.82) is 0 Å². The maximum absolute atomic E-state index is 3.61. The van der Waals surface area contributed by atoms with Crippen LogP contribution in [0.15, 0.2) is 66.7 Å². The zero-order valence-electron chi connectivity index (χ0n) is 14.4. The highest BCUT2D eigenvalue weighted by molar-refractivity contribution is 6.08. The van der Waals surface area contributed by atoms with Crippen LogP contribution >= 0.6 is 0 Å². The molecule has 0 heterocycles. The minimum atomic E-state index is 1.13. The summed E-state index contributed by atoms with van der Waals surface area (Å²) in [6.45, 7) is 6.47. The van der Waals surface area contributed by atoms with Crippen LogP contribution in [0.2, 0.25) is 0 Å². The average Bonchev–Trinajstić information content (AvgIpc) is 2.57. The first-order valence-electron chi connectivity index (χ1n) is 8.38. The van der Waals surface area contributed by atoms with Gasteiger partial charge in [-0.3, -0.25) is 0 Å². The molecule has 0 spiro atoms. The molecule has 0 amide bonds. The van der Waals surface area contributed by atoms with E-state index in [1.807, 2.05) is 0 Å². The van der Waals surface area contributed by atoms with Gasteiger partial charge in [-0.2, -0.15) is 0 Å². The second-order valence-electron chi connectivity index (χ2n) is 6.62. The van der Waals surface area contributed by atoms with Gasteiger partial charge in [0.25, 0.3) is 0 Å². The first kappa shape index (κ1) is 14.8. The Morgan fingerprint density at radius 3 is 2.08 bits per heavy atom. The summed E-state index contributed by atoms with van der Waals surface area (Å²) in [6.07, 6.45) is 0. The van der Waals surface area contributed by atoms with Crippen LogP contribution in [0.4, 0.5) is 11.4 Å². The standard InChI is InChI=1S/C23H21N/c1-15-12-16(2)23(17(3)13-15)24-20-10-11-22-19(14-20)9-8-18-6-4-5-7-21(18)22/h4-14,24H,1-3H3. The third-order valence-corrected chi connectivity index (χ3v) is 4.69. The molecule has 0 aliphatic carbocycles. The van der Waals surface area contributed by atoms with Crippen molar-refractivity contribution in [2.45, 2.75) is 20.8 Å². The molecule has 0 aromatic heterocycles. The summed E-state index contributed by atoms with van der Waals surface area (Å²) in [5, 5.41) is 8.77. The summed E-state index contributed by atoms with van der Waals surface area (Å²) in [5.74, 6) is 0. The topological polar surface area (TPSA) is 12.0 Å². The zero-order chi connectivity index (χ0) is 16.7. The van der Waals surface area contributed by atoms with Crippen molar-refractivity contribution >= 4 is 32.9 Å². The summed E-state index contributed by atoms with van der Waals surface area (Å²) >= 11 is 0. The lowest BCUT2D eigenvalue weighted by Gasteiger charge is -2.15. The number of fused-ring (bicyclic) bond motifs is 3. The molecule has 0 fully saturated rings. The van der Waals surface area contributed by atoms with Crippen molar-refractivity contribution in [3.05, 3.63) is 83.4 Å². The van der Waals surface area contributed by atoms with Crippen molar-refractivity contribution in [3.63, 3.8) is 0 Å². The van der Waals surface area contributed by atoms with Crippen LogP contribution in [-0.4, -0.2) is 0 Å². The van der Waals surface area contributed by atoms with Gasteiger partial charge < -0.3 is 5.32 Å². The Hall–Kier alpha value is -2.80. The number of rotatable bonds is 2. The number of aryl methyl sites for hydroxylation is 3. The quantitative estimate of drug-likeness (QED) is 0.408. The summed E-state index contributed by atoms with van der Waals surface area (Å²) in [6, 6.07) is 24.0. The first-order valence-corrected chi connectivity index (χ1v) is 8.38. The predicted octanol–water partition coefficient (Wildman–Crippen LogP) is 6.66. The maximum Gasteiger partial charge on any atom is 0.0443 e. The summed E-state index contributed by atoms with van der Waals surface area (Å²) in [4.78, 5) is 0. The van der Waals surface area contributed by atoms with E-state index in [1.165, 1.54) is 43.9 Å². The van der Waals surface area contributed by atoms with Crippen LogP contribution in [0.1, 0.15) is 16.7 Å². The molecule has 4 aromatic rings. The normalized spacial score (nSPS) is 11.1. The van der Waals surface area contributed by atoms with Gasteiger partial charge >= 0.3 is 0 Å². The van der Waals surface area contributed by atoms with Crippen molar-refractivity contribution in [1.82, 2.24) is 0 Å². The van der Waals surface area contributed by atoms with Gasteiger partial charge in [-0.25, -0.2) is 0 Å². The van der Waals surface area contributed by atoms with Crippen LogP contribution < -0.4 is 5.32 Å². The lowest BCUT2D eigenvalue weighted by Crippen LogP contribution is -1.97. The van der Waals surface area contributed by atoms with Gasteiger partial charge in [-0.05, 0) is 65.6 Å². The fourth-order valence-electron chi connectivity index (χ4n) is 3.61. The Morgan fingerprint density at radius 2 is 1.29 bits per heavy atom. The van der Waals surface area contributed by atoms with Gasteiger partial charge in [0.15, 0.2) is 0 Å². The molecular weight excluding hydrogens is 290 g/mol. The van der Waals surface area contributed by atoms with Crippen LogP contribution in [0.3, 0.4) is 0 Å². The molecule has 1 heteroatoms. The van der Waals surface area contributed by atoms with Gasteiger partial charge in [0.1, 0.15) is 0 Å². The van der Waals surface area contributed by atoms with Gasteiger partial charge in [-0.1, -0.05) is 60.2 Å². The van der Waals surface area contributed by atoms with Gasteiger partial charge in [0.2, 0.25) is 0 Å². The van der Waals surface area contributed by atoms with E-state index >= 15 is 0 Å². The van der Waals surface area contributed by atoms with E-state index in [0.717, 1.165) is 5.69 Å². The number of benzene rings is 4. The zero-order valence-corrected chi connectivity index (χ0v) is 14.4. The van der Waals surface area contributed by atoms with Crippen LogP contribution in [0.25, 0.3) is 21.5 Å². The molecule has 0 saturated carbocycles. The van der Waals surface area contributed by atoms with E-state index in [1.54, 1.807) is 0 Å². The molecular formula is C23H21N. The second-order valence-corrected chi connectivity index (χ2v) is 6.62. The summed E-state index contributed by atoms with van der Waals surface area (Å²) in [7, 11) is 0. The summed E-state index contributed by atoms with van der Waals surface area (Å²) < 4.78 is 0. The third-order valence-electron chi connectivity index (χ3n) is 4.69. The molecule has 24 heavy (non-hydrogen) atoms. The molecule has 118 valence electrons. The van der Waals surface area contributed by atoms with Crippen molar-refractivity contribution in [2.24, 2.45) is 0 Å². The second kappa shape index (κ2) is 5.68. The average molecular weight is 311 g/mol. The Morgan fingerprint density at radius 1 is 0.625 bits per heavy atom. The predicted molar refractivity (Wildman–Crippen MR) is 105 cm³/mol. The Kier molecular flexibility index (Phi) is 3.50. The van der Waals surface area contributed by atoms with E-state index in [0.29, 0.717) is 0 Å². The van der Waals surface area contributed by atoms with Crippen LogP contribution in [0.5, 0.6) is 0 Å². The molecule has 0 bridgehead atoms. The minimum Gasteiger partial charge on any atom is -0.355 e. The monoisotopic (exact) mass is 311 g/mol. The van der Waals surface area contributed by atoms with E-state index in [2.05, 4.69) is 92.8 Å². The lowest BCUT2D eigenvalue weighted by molar-refractivity contribution is 1.31. The van der Waals surface area contributed by atoms with E-state index in [4.69, 9.17) is 0 Å². The van der Waals surface area contributed by atoms with Gasteiger partial charge in [-0.15, -0.1) is 0 Å². The largest absolute Gasteiger partial charge is 0.355 e. The van der Waals surface area contributed by atoms with Gasteiger partial charge in [0.05, 0.1) is 0 Å². The minimum absolute atomic E-state index is 1.13. The fourth-order valence-corrected chi connectivity index (χ4v) is 3.61. The maximum atomic E-state index is 3.61. The molecule has 0 aliphatic rings. The Balaban J connectivity index is 1.80. The molecule has 0 radical (unpaired) electrons. The number of nitrogens with one attached hydrogen (secondary N) is 1. The number of hydrogen-bond acceptors (Lipinski definition) is 1. The Bertz CT molecular complexity index is 1040. The van der Waals surface area contributed by atoms with Crippen molar-refractivity contribution < 1.29 is 0 Å². The van der Waals surface area contributed by atoms with E-state index in [-0.39, 0.29) is 0 Å². The number of anilines is 2. The molecule has 1 N–H and O–H groups in total. The molecule has 0 unspecified atom stereocenters. The van der Waals surface area contributed by atoms with Gasteiger partial charge in [0, 0.05) is 11.4 Å². The summed E-state index contributed by atoms with van der Waals surface area (Å²) in [5.41, 5.74) is 6.21. The number of hydrogen-bond donors (Lipinski definition) is 1. The van der Waals surface area contributed by atoms with Crippen LogP contribution in [0, 0.1) is 20.8 Å². The molecule has 0 aliphatic heterocycles.